The molecule has 0 atom stereocenters. The number of para-hydroxylation sites is 1. The SMILES string of the molecule is CCOc1ccccc1C(=O)NCc1nc(C2CCSCC2)no1. The maximum atomic E-state index is 12.3. The Morgan fingerprint density at radius 1 is 1.38 bits per heavy atom. The highest BCUT2D eigenvalue weighted by Gasteiger charge is 2.21. The van der Waals surface area contributed by atoms with Gasteiger partial charge in [0.05, 0.1) is 18.7 Å². The number of rotatable bonds is 6. The maximum absolute atomic E-state index is 12.3. The molecule has 2 aromatic rings. The largest absolute Gasteiger partial charge is 0.493 e. The first-order valence-electron chi connectivity index (χ1n) is 8.18. The van der Waals surface area contributed by atoms with Crippen LogP contribution < -0.4 is 10.1 Å². The fourth-order valence-electron chi connectivity index (χ4n) is 2.65. The van der Waals surface area contributed by atoms with Crippen LogP contribution in [0.1, 0.15) is 47.8 Å². The van der Waals surface area contributed by atoms with Crippen molar-refractivity contribution in [1.29, 1.82) is 0 Å². The number of carbonyl (C=O) groups is 1. The van der Waals surface area contributed by atoms with E-state index in [9.17, 15) is 4.79 Å². The smallest absolute Gasteiger partial charge is 0.255 e. The van der Waals surface area contributed by atoms with Crippen LogP contribution in [0.2, 0.25) is 0 Å². The van der Waals surface area contributed by atoms with E-state index in [2.05, 4.69) is 15.5 Å². The number of nitrogens with zero attached hydrogens (tertiary/aromatic N) is 2. The summed E-state index contributed by atoms with van der Waals surface area (Å²) >= 11 is 1.96. The van der Waals surface area contributed by atoms with Gasteiger partial charge in [0.15, 0.2) is 5.82 Å². The highest BCUT2D eigenvalue weighted by Crippen LogP contribution is 2.29. The quantitative estimate of drug-likeness (QED) is 0.865. The molecular weight excluding hydrogens is 326 g/mol. The van der Waals surface area contributed by atoms with Crippen molar-refractivity contribution in [1.82, 2.24) is 15.5 Å². The van der Waals surface area contributed by atoms with Gasteiger partial charge < -0.3 is 14.6 Å². The second-order valence-corrected chi connectivity index (χ2v) is 6.77. The van der Waals surface area contributed by atoms with Crippen molar-refractivity contribution in [2.75, 3.05) is 18.1 Å². The molecule has 128 valence electrons. The number of nitrogens with one attached hydrogen (secondary N) is 1. The Labute approximate surface area is 145 Å². The third kappa shape index (κ3) is 4.08. The van der Waals surface area contributed by atoms with Crippen LogP contribution in [0.4, 0.5) is 0 Å². The predicted octanol–water partition coefficient (Wildman–Crippen LogP) is 3.01. The molecule has 1 aliphatic heterocycles. The standard InChI is InChI=1S/C17H21N3O3S/c1-2-22-14-6-4-3-5-13(14)17(21)18-11-15-19-16(20-23-15)12-7-9-24-10-8-12/h3-6,12H,2,7-11H2,1H3,(H,18,21). The van der Waals surface area contributed by atoms with Crippen molar-refractivity contribution in [2.45, 2.75) is 32.2 Å². The van der Waals surface area contributed by atoms with E-state index in [4.69, 9.17) is 9.26 Å². The van der Waals surface area contributed by atoms with Gasteiger partial charge in [0.1, 0.15) is 5.75 Å². The molecule has 1 saturated heterocycles. The van der Waals surface area contributed by atoms with Gasteiger partial charge in [-0.2, -0.15) is 16.7 Å². The summed E-state index contributed by atoms with van der Waals surface area (Å²) < 4.78 is 10.7. The molecule has 7 heteroatoms. The van der Waals surface area contributed by atoms with Crippen LogP contribution in [0.25, 0.3) is 0 Å². The third-order valence-electron chi connectivity index (χ3n) is 3.90. The van der Waals surface area contributed by atoms with E-state index in [1.54, 1.807) is 12.1 Å². The Morgan fingerprint density at radius 3 is 2.96 bits per heavy atom. The molecule has 1 aromatic heterocycles. The van der Waals surface area contributed by atoms with E-state index < -0.39 is 0 Å². The van der Waals surface area contributed by atoms with Crippen molar-refractivity contribution >= 4 is 17.7 Å². The number of aromatic nitrogens is 2. The van der Waals surface area contributed by atoms with Crippen molar-refractivity contribution < 1.29 is 14.1 Å². The van der Waals surface area contributed by atoms with Crippen LogP contribution in [0.15, 0.2) is 28.8 Å². The third-order valence-corrected chi connectivity index (χ3v) is 4.95. The highest BCUT2D eigenvalue weighted by atomic mass is 32.2. The lowest BCUT2D eigenvalue weighted by atomic mass is 10.0. The molecule has 0 unspecified atom stereocenters. The molecule has 0 aliphatic carbocycles. The second kappa shape index (κ2) is 8.19. The number of ether oxygens (including phenoxy) is 1. The van der Waals surface area contributed by atoms with Gasteiger partial charge in [-0.15, -0.1) is 0 Å². The van der Waals surface area contributed by atoms with Crippen LogP contribution >= 0.6 is 11.8 Å². The number of amides is 1. The van der Waals surface area contributed by atoms with E-state index in [0.29, 0.717) is 29.7 Å². The normalized spacial score (nSPS) is 15.2. The minimum atomic E-state index is -0.215. The first-order valence-corrected chi connectivity index (χ1v) is 9.33. The monoisotopic (exact) mass is 347 g/mol. The van der Waals surface area contributed by atoms with Crippen molar-refractivity contribution in [3.63, 3.8) is 0 Å². The van der Waals surface area contributed by atoms with Crippen LogP contribution in [-0.2, 0) is 6.54 Å². The molecule has 1 aromatic carbocycles. The van der Waals surface area contributed by atoms with E-state index in [1.807, 2.05) is 30.8 Å². The lowest BCUT2D eigenvalue weighted by molar-refractivity contribution is 0.0942. The predicted molar refractivity (Wildman–Crippen MR) is 92.4 cm³/mol. The van der Waals surface area contributed by atoms with Gasteiger partial charge in [-0.3, -0.25) is 4.79 Å². The molecule has 24 heavy (non-hydrogen) atoms. The average Bonchev–Trinajstić information content (AvgIpc) is 3.10. The van der Waals surface area contributed by atoms with Crippen molar-refractivity contribution in [2.24, 2.45) is 0 Å². The number of hydrogen-bond donors (Lipinski definition) is 1. The fraction of sp³-hybridized carbons (Fsp3) is 0.471. The Morgan fingerprint density at radius 2 is 2.17 bits per heavy atom. The minimum Gasteiger partial charge on any atom is -0.493 e. The van der Waals surface area contributed by atoms with Crippen LogP contribution in [-0.4, -0.2) is 34.2 Å². The number of hydrogen-bond acceptors (Lipinski definition) is 6. The van der Waals surface area contributed by atoms with Gasteiger partial charge in [0, 0.05) is 5.92 Å². The number of thioether (sulfide) groups is 1. The molecule has 2 heterocycles. The number of benzene rings is 1. The topological polar surface area (TPSA) is 77.2 Å². The molecule has 1 amide bonds. The second-order valence-electron chi connectivity index (χ2n) is 5.54. The van der Waals surface area contributed by atoms with Gasteiger partial charge in [-0.1, -0.05) is 17.3 Å². The summed E-state index contributed by atoms with van der Waals surface area (Å²) in [5, 5.41) is 6.88. The van der Waals surface area contributed by atoms with E-state index >= 15 is 0 Å². The van der Waals surface area contributed by atoms with Gasteiger partial charge in [-0.05, 0) is 43.4 Å². The van der Waals surface area contributed by atoms with Gasteiger partial charge in [-0.25, -0.2) is 0 Å². The zero-order chi connectivity index (χ0) is 16.8. The van der Waals surface area contributed by atoms with Gasteiger partial charge in [0.2, 0.25) is 5.89 Å². The van der Waals surface area contributed by atoms with E-state index in [0.717, 1.165) is 30.2 Å². The molecule has 3 rings (SSSR count). The van der Waals surface area contributed by atoms with Crippen LogP contribution in [0.3, 0.4) is 0 Å². The first-order chi connectivity index (χ1) is 11.8. The molecule has 0 spiro atoms. The lowest BCUT2D eigenvalue weighted by Gasteiger charge is -2.17. The molecule has 6 nitrogen and oxygen atoms in total. The molecular formula is C17H21N3O3S. The minimum absolute atomic E-state index is 0.215. The summed E-state index contributed by atoms with van der Waals surface area (Å²) in [6.07, 6.45) is 2.16. The summed E-state index contributed by atoms with van der Waals surface area (Å²) in [6, 6.07) is 7.17. The summed E-state index contributed by atoms with van der Waals surface area (Å²) in [4.78, 5) is 16.8. The first kappa shape index (κ1) is 16.8. The van der Waals surface area contributed by atoms with Crippen LogP contribution in [0.5, 0.6) is 5.75 Å². The molecule has 0 saturated carbocycles. The van der Waals surface area contributed by atoms with Gasteiger partial charge in [0.25, 0.3) is 5.91 Å². The summed E-state index contributed by atoms with van der Waals surface area (Å²) in [6.45, 7) is 2.61. The van der Waals surface area contributed by atoms with E-state index in [-0.39, 0.29) is 12.5 Å². The molecule has 1 fully saturated rings. The zero-order valence-electron chi connectivity index (χ0n) is 13.7. The Bertz CT molecular complexity index is 683. The Hall–Kier alpha value is -2.02. The maximum Gasteiger partial charge on any atom is 0.255 e. The van der Waals surface area contributed by atoms with Crippen LogP contribution in [0, 0.1) is 0 Å². The molecule has 0 radical (unpaired) electrons. The fourth-order valence-corrected chi connectivity index (χ4v) is 3.75. The zero-order valence-corrected chi connectivity index (χ0v) is 14.5. The Balaban J connectivity index is 1.59. The number of carbonyl (C=O) groups excluding carboxylic acids is 1. The summed E-state index contributed by atoms with van der Waals surface area (Å²) in [7, 11) is 0. The summed E-state index contributed by atoms with van der Waals surface area (Å²) in [5.74, 6) is 4.20. The van der Waals surface area contributed by atoms with Crippen molar-refractivity contribution in [3.8, 4) is 5.75 Å². The van der Waals surface area contributed by atoms with Crippen molar-refractivity contribution in [3.05, 3.63) is 41.5 Å². The highest BCUT2D eigenvalue weighted by molar-refractivity contribution is 7.99. The molecule has 0 bridgehead atoms. The Kier molecular flexibility index (Phi) is 5.74. The lowest BCUT2D eigenvalue weighted by Crippen LogP contribution is -2.23. The summed E-state index contributed by atoms with van der Waals surface area (Å²) in [5.41, 5.74) is 0.503. The van der Waals surface area contributed by atoms with Gasteiger partial charge >= 0.3 is 0 Å². The molecule has 1 N–H and O–H groups in total. The molecule has 1 aliphatic rings. The van der Waals surface area contributed by atoms with E-state index in [1.165, 1.54) is 0 Å². The average molecular weight is 347 g/mol.